The van der Waals surface area contributed by atoms with Gasteiger partial charge < -0.3 is 48.5 Å². The van der Waals surface area contributed by atoms with Gasteiger partial charge in [0.25, 0.3) is 0 Å². The van der Waals surface area contributed by atoms with Crippen LogP contribution in [-0.4, -0.2) is 105 Å². The second kappa shape index (κ2) is 22.9. The zero-order valence-electron chi connectivity index (χ0n) is 29.1. The monoisotopic (exact) mass is 712 g/mol. The number of rotatable bonds is 7. The standard InChI is InChI=1S/C13H16O4.C12H14O4.C8H8O3.C5H10O2/c1-15-13(14)10-2-4-11(5-3-10)17-12-6-8-16-9-7-12;13-12(14)9-1-3-10(4-2-9)16-11-5-7-15-8-6-11;1-11-8(10)6-2-4-7(9)5-3-6;6-5-1-3-7-4-2-5/h2-5,12H,6-9H2,1H3;1-4,11H,5-8H2,(H,13,14);2-5,9H,1H3;5-6H,1-4H2. The second-order valence-corrected chi connectivity index (χ2v) is 11.6. The molecule has 3 aliphatic heterocycles. The van der Waals surface area contributed by atoms with Gasteiger partial charge >= 0.3 is 17.9 Å². The van der Waals surface area contributed by atoms with Crippen molar-refractivity contribution in [3.8, 4) is 17.2 Å². The van der Waals surface area contributed by atoms with E-state index in [1.165, 1.54) is 38.5 Å². The molecule has 13 nitrogen and oxygen atoms in total. The summed E-state index contributed by atoms with van der Waals surface area (Å²) in [4.78, 5) is 32.7. The quantitative estimate of drug-likeness (QED) is 0.269. The lowest BCUT2D eigenvalue weighted by atomic mass is 10.1. The van der Waals surface area contributed by atoms with Gasteiger partial charge in [-0.3, -0.25) is 0 Å². The van der Waals surface area contributed by atoms with Crippen molar-refractivity contribution in [2.45, 2.75) is 56.8 Å². The lowest BCUT2D eigenvalue weighted by molar-refractivity contribution is 0.0139. The Morgan fingerprint density at radius 2 is 0.882 bits per heavy atom. The Bertz CT molecular complexity index is 1420. The van der Waals surface area contributed by atoms with Crippen LogP contribution in [0.3, 0.4) is 0 Å². The molecular weight excluding hydrogens is 664 g/mol. The summed E-state index contributed by atoms with van der Waals surface area (Å²) in [6.45, 7) is 4.45. The second-order valence-electron chi connectivity index (χ2n) is 11.6. The molecule has 3 heterocycles. The van der Waals surface area contributed by atoms with Crippen LogP contribution in [0.5, 0.6) is 17.2 Å². The van der Waals surface area contributed by atoms with Crippen molar-refractivity contribution in [1.82, 2.24) is 0 Å². The summed E-state index contributed by atoms with van der Waals surface area (Å²) in [5, 5.41) is 26.4. The van der Waals surface area contributed by atoms with Crippen molar-refractivity contribution in [1.29, 1.82) is 0 Å². The number of benzene rings is 3. The third-order valence-electron chi connectivity index (χ3n) is 7.80. The molecule has 3 fully saturated rings. The predicted octanol–water partition coefficient (Wildman–Crippen LogP) is 5.31. The summed E-state index contributed by atoms with van der Waals surface area (Å²) in [7, 11) is 2.68. The number of carbonyl (C=O) groups excluding carboxylic acids is 2. The number of carboxylic acid groups (broad SMARTS) is 1. The average molecular weight is 713 g/mol. The third-order valence-corrected chi connectivity index (χ3v) is 7.80. The Morgan fingerprint density at radius 3 is 1.20 bits per heavy atom. The maximum atomic E-state index is 11.2. The molecule has 0 amide bonds. The summed E-state index contributed by atoms with van der Waals surface area (Å²) in [6.07, 6.45) is 5.56. The van der Waals surface area contributed by atoms with Crippen LogP contribution in [0.4, 0.5) is 0 Å². The topological polar surface area (TPSA) is 177 Å². The highest BCUT2D eigenvalue weighted by atomic mass is 16.5. The Morgan fingerprint density at radius 1 is 0.549 bits per heavy atom. The van der Waals surface area contributed by atoms with Gasteiger partial charge in [0.2, 0.25) is 0 Å². The molecule has 0 radical (unpaired) electrons. The van der Waals surface area contributed by atoms with Crippen LogP contribution in [0.25, 0.3) is 0 Å². The molecule has 3 aromatic rings. The average Bonchev–Trinajstić information content (AvgIpc) is 3.17. The first kappa shape index (κ1) is 40.7. The number of esters is 2. The molecule has 0 spiro atoms. The highest BCUT2D eigenvalue weighted by molar-refractivity contribution is 5.90. The largest absolute Gasteiger partial charge is 0.508 e. The molecule has 0 bridgehead atoms. The summed E-state index contributed by atoms with van der Waals surface area (Å²) in [5.41, 5.74) is 1.25. The number of aliphatic hydroxyl groups is 1. The first-order valence-corrected chi connectivity index (χ1v) is 16.8. The van der Waals surface area contributed by atoms with Crippen molar-refractivity contribution >= 4 is 17.9 Å². The maximum Gasteiger partial charge on any atom is 0.337 e. The lowest BCUT2D eigenvalue weighted by Gasteiger charge is -2.23. The number of carbonyl (C=O) groups is 3. The van der Waals surface area contributed by atoms with Crippen LogP contribution in [0, 0.1) is 0 Å². The number of hydrogen-bond donors (Lipinski definition) is 3. The van der Waals surface area contributed by atoms with Gasteiger partial charge in [-0.15, -0.1) is 0 Å². The third kappa shape index (κ3) is 15.8. The molecule has 51 heavy (non-hydrogen) atoms. The highest BCUT2D eigenvalue weighted by Gasteiger charge is 2.16. The predicted molar refractivity (Wildman–Crippen MR) is 186 cm³/mol. The van der Waals surface area contributed by atoms with Crippen molar-refractivity contribution < 1.29 is 62.9 Å². The Hall–Kier alpha value is -4.69. The molecule has 3 N–H and O–H groups in total. The van der Waals surface area contributed by atoms with Crippen molar-refractivity contribution in [2.24, 2.45) is 0 Å². The fourth-order valence-corrected chi connectivity index (χ4v) is 4.84. The van der Waals surface area contributed by atoms with E-state index in [4.69, 9.17) is 39.0 Å². The number of aromatic hydroxyl groups is 1. The van der Waals surface area contributed by atoms with Crippen molar-refractivity contribution in [2.75, 3.05) is 53.9 Å². The molecule has 3 saturated heterocycles. The van der Waals surface area contributed by atoms with Crippen LogP contribution in [0.1, 0.15) is 69.6 Å². The zero-order chi connectivity index (χ0) is 36.8. The Kier molecular flexibility index (Phi) is 18.3. The van der Waals surface area contributed by atoms with Crippen molar-refractivity contribution in [3.05, 3.63) is 89.5 Å². The minimum Gasteiger partial charge on any atom is -0.508 e. The Balaban J connectivity index is 0.000000192. The van der Waals surface area contributed by atoms with E-state index >= 15 is 0 Å². The molecule has 3 aliphatic rings. The number of hydrogen-bond acceptors (Lipinski definition) is 12. The highest BCUT2D eigenvalue weighted by Crippen LogP contribution is 2.20. The van der Waals surface area contributed by atoms with Gasteiger partial charge in [0.05, 0.1) is 63.4 Å². The first-order chi connectivity index (χ1) is 24.7. The minimum absolute atomic E-state index is 0.0891. The van der Waals surface area contributed by atoms with E-state index < -0.39 is 11.9 Å². The lowest BCUT2D eigenvalue weighted by Crippen LogP contribution is -2.25. The molecular formula is C38H48O13. The smallest absolute Gasteiger partial charge is 0.337 e. The number of phenolic OH excluding ortho intramolecular Hbond substituents is 1. The first-order valence-electron chi connectivity index (χ1n) is 16.8. The van der Waals surface area contributed by atoms with Gasteiger partial charge in [0, 0.05) is 38.9 Å². The maximum absolute atomic E-state index is 11.2. The molecule has 13 heteroatoms. The van der Waals surface area contributed by atoms with Crippen LogP contribution in [0.15, 0.2) is 72.8 Å². The fourth-order valence-electron chi connectivity index (χ4n) is 4.84. The van der Waals surface area contributed by atoms with E-state index in [2.05, 4.69) is 9.47 Å². The van der Waals surface area contributed by atoms with Gasteiger partial charge in [0.15, 0.2) is 0 Å². The van der Waals surface area contributed by atoms with Crippen LogP contribution in [-0.2, 0) is 23.7 Å². The summed E-state index contributed by atoms with van der Waals surface area (Å²) in [5.74, 6) is -0.00987. The molecule has 0 aliphatic carbocycles. The van der Waals surface area contributed by atoms with E-state index in [9.17, 15) is 14.4 Å². The Labute approximate surface area is 298 Å². The van der Waals surface area contributed by atoms with E-state index in [1.54, 1.807) is 48.5 Å². The molecule has 0 aromatic heterocycles. The van der Waals surface area contributed by atoms with E-state index in [0.717, 1.165) is 89.7 Å². The number of aromatic carboxylic acids is 1. The molecule has 278 valence electrons. The SMILES string of the molecule is COC(=O)c1ccc(O)cc1.COC(=O)c1ccc(OC2CCOCC2)cc1.O=C(O)c1ccc(OC2CCOCC2)cc1.OC1CCOCC1. The normalized spacial score (nSPS) is 16.3. The number of aliphatic hydroxyl groups excluding tert-OH is 1. The molecule has 0 saturated carbocycles. The summed E-state index contributed by atoms with van der Waals surface area (Å²) >= 11 is 0. The van der Waals surface area contributed by atoms with Crippen LogP contribution >= 0.6 is 0 Å². The number of phenols is 1. The zero-order valence-corrected chi connectivity index (χ0v) is 29.1. The van der Waals surface area contributed by atoms with Crippen LogP contribution < -0.4 is 9.47 Å². The van der Waals surface area contributed by atoms with Gasteiger partial charge in [-0.25, -0.2) is 14.4 Å². The van der Waals surface area contributed by atoms with Crippen LogP contribution in [0.2, 0.25) is 0 Å². The molecule has 0 unspecified atom stereocenters. The molecule has 6 rings (SSSR count). The van der Waals surface area contributed by atoms with Gasteiger partial charge in [-0.1, -0.05) is 0 Å². The van der Waals surface area contributed by atoms with E-state index in [0.29, 0.717) is 11.1 Å². The van der Waals surface area contributed by atoms with E-state index in [1.807, 2.05) is 0 Å². The van der Waals surface area contributed by atoms with Crippen molar-refractivity contribution in [3.63, 3.8) is 0 Å². The number of methoxy groups -OCH3 is 2. The van der Waals surface area contributed by atoms with E-state index in [-0.39, 0.29) is 35.6 Å². The number of carboxylic acids is 1. The van der Waals surface area contributed by atoms with Gasteiger partial charge in [-0.2, -0.15) is 0 Å². The number of ether oxygens (including phenoxy) is 7. The minimum atomic E-state index is -0.919. The molecule has 3 aromatic carbocycles. The summed E-state index contributed by atoms with van der Waals surface area (Å²) < 4.78 is 36.1. The molecule has 0 atom stereocenters. The summed E-state index contributed by atoms with van der Waals surface area (Å²) in [6, 6.07) is 19.4. The van der Waals surface area contributed by atoms with Gasteiger partial charge in [-0.05, 0) is 85.6 Å². The fraction of sp³-hybridized carbons (Fsp3) is 0.447. The van der Waals surface area contributed by atoms with Gasteiger partial charge in [0.1, 0.15) is 29.5 Å².